The van der Waals surface area contributed by atoms with Crippen LogP contribution in [0.25, 0.3) is 10.6 Å². The Morgan fingerprint density at radius 1 is 1.21 bits per heavy atom. The van der Waals surface area contributed by atoms with Gasteiger partial charge in [0.1, 0.15) is 16.5 Å². The van der Waals surface area contributed by atoms with Crippen molar-refractivity contribution in [3.05, 3.63) is 58.6 Å². The summed E-state index contributed by atoms with van der Waals surface area (Å²) < 4.78 is 10.6. The lowest BCUT2D eigenvalue weighted by atomic mass is 10.2. The molecule has 2 aromatic carbocycles. The summed E-state index contributed by atoms with van der Waals surface area (Å²) >= 11 is 7.60. The number of amides is 1. The van der Waals surface area contributed by atoms with Gasteiger partial charge in [-0.25, -0.2) is 4.98 Å². The number of hydrogen-bond acceptors (Lipinski definition) is 6. The van der Waals surface area contributed by atoms with Gasteiger partial charge in [0.25, 0.3) is 5.91 Å². The molecule has 0 unspecified atom stereocenters. The molecule has 0 saturated carbocycles. The van der Waals surface area contributed by atoms with Crippen LogP contribution in [0.3, 0.4) is 0 Å². The summed E-state index contributed by atoms with van der Waals surface area (Å²) in [4.78, 5) is 19.5. The smallest absolute Gasteiger partial charge is 0.275 e. The number of thiazole rings is 1. The van der Waals surface area contributed by atoms with Crippen molar-refractivity contribution in [2.45, 2.75) is 0 Å². The Bertz CT molecular complexity index is 1000. The number of nitrogens with zero attached hydrogens (tertiary/aromatic N) is 2. The molecule has 1 aliphatic rings. The van der Waals surface area contributed by atoms with E-state index in [1.807, 2.05) is 36.4 Å². The summed E-state index contributed by atoms with van der Waals surface area (Å²) in [6.45, 7) is 2.85. The van der Waals surface area contributed by atoms with Gasteiger partial charge in [0.05, 0.1) is 31.7 Å². The van der Waals surface area contributed by atoms with E-state index in [1.165, 1.54) is 11.3 Å². The van der Waals surface area contributed by atoms with Crippen molar-refractivity contribution in [3.63, 3.8) is 0 Å². The van der Waals surface area contributed by atoms with E-state index in [0.717, 1.165) is 35.1 Å². The Morgan fingerprint density at radius 3 is 2.69 bits per heavy atom. The summed E-state index contributed by atoms with van der Waals surface area (Å²) in [6.07, 6.45) is 0. The standard InChI is InChI=1S/C21H20ClN3O3S/c1-27-16-5-2-14(3-6-16)21-24-18(13-29-21)20(26)23-17-12-15(22)4-7-19(17)25-8-10-28-11-9-25/h2-7,12-13H,8-11H2,1H3,(H,23,26). The molecule has 8 heteroatoms. The van der Waals surface area contributed by atoms with E-state index in [0.29, 0.717) is 29.6 Å². The van der Waals surface area contributed by atoms with Crippen molar-refractivity contribution in [1.29, 1.82) is 0 Å². The third-order valence-electron chi connectivity index (χ3n) is 4.63. The summed E-state index contributed by atoms with van der Waals surface area (Å²) in [5.74, 6) is 0.512. The molecule has 150 valence electrons. The summed E-state index contributed by atoms with van der Waals surface area (Å²) in [5, 5.41) is 6.06. The lowest BCUT2D eigenvalue weighted by Crippen LogP contribution is -2.36. The quantitative estimate of drug-likeness (QED) is 0.644. The SMILES string of the molecule is COc1ccc(-c2nc(C(=O)Nc3cc(Cl)ccc3N3CCOCC3)cs2)cc1. The van der Waals surface area contributed by atoms with Crippen molar-refractivity contribution < 1.29 is 14.3 Å². The maximum atomic E-state index is 12.8. The van der Waals surface area contributed by atoms with Gasteiger partial charge >= 0.3 is 0 Å². The van der Waals surface area contributed by atoms with E-state index >= 15 is 0 Å². The number of methoxy groups -OCH3 is 1. The van der Waals surface area contributed by atoms with Crippen molar-refractivity contribution in [1.82, 2.24) is 4.98 Å². The fraction of sp³-hybridized carbons (Fsp3) is 0.238. The molecule has 1 N–H and O–H groups in total. The first kappa shape index (κ1) is 19.7. The Hall–Kier alpha value is -2.61. The molecule has 2 heterocycles. The fourth-order valence-corrected chi connectivity index (χ4v) is 4.10. The number of nitrogens with one attached hydrogen (secondary N) is 1. The van der Waals surface area contributed by atoms with Gasteiger partial charge < -0.3 is 19.7 Å². The Balaban J connectivity index is 1.54. The molecule has 1 saturated heterocycles. The van der Waals surface area contributed by atoms with Crippen LogP contribution in [0.15, 0.2) is 47.8 Å². The lowest BCUT2D eigenvalue weighted by Gasteiger charge is -2.30. The van der Waals surface area contributed by atoms with E-state index in [4.69, 9.17) is 21.1 Å². The first-order valence-corrected chi connectivity index (χ1v) is 10.4. The van der Waals surface area contributed by atoms with Crippen LogP contribution in [0.2, 0.25) is 5.02 Å². The van der Waals surface area contributed by atoms with Gasteiger partial charge in [-0.1, -0.05) is 11.6 Å². The number of hydrogen-bond donors (Lipinski definition) is 1. The zero-order valence-corrected chi connectivity index (χ0v) is 17.4. The Kier molecular flexibility index (Phi) is 5.99. The number of halogens is 1. The molecular formula is C21H20ClN3O3S. The molecule has 0 bridgehead atoms. The van der Waals surface area contributed by atoms with Gasteiger partial charge in [-0.05, 0) is 42.5 Å². The highest BCUT2D eigenvalue weighted by atomic mass is 35.5. The van der Waals surface area contributed by atoms with Gasteiger partial charge in [-0.15, -0.1) is 11.3 Å². The van der Waals surface area contributed by atoms with Crippen LogP contribution < -0.4 is 15.0 Å². The van der Waals surface area contributed by atoms with Crippen LogP contribution in [-0.4, -0.2) is 44.3 Å². The second-order valence-electron chi connectivity index (χ2n) is 6.48. The fourth-order valence-electron chi connectivity index (χ4n) is 3.12. The topological polar surface area (TPSA) is 63.7 Å². The predicted octanol–water partition coefficient (Wildman–Crippen LogP) is 4.56. The zero-order valence-electron chi connectivity index (χ0n) is 15.9. The molecule has 0 spiro atoms. The zero-order chi connectivity index (χ0) is 20.2. The maximum Gasteiger partial charge on any atom is 0.275 e. The third-order valence-corrected chi connectivity index (χ3v) is 5.76. The van der Waals surface area contributed by atoms with E-state index in [1.54, 1.807) is 18.6 Å². The van der Waals surface area contributed by atoms with Crippen LogP contribution in [-0.2, 0) is 4.74 Å². The highest BCUT2D eigenvalue weighted by Gasteiger charge is 2.18. The maximum absolute atomic E-state index is 12.8. The molecule has 0 atom stereocenters. The number of anilines is 2. The van der Waals surface area contributed by atoms with Crippen LogP contribution in [0.1, 0.15) is 10.5 Å². The first-order chi connectivity index (χ1) is 14.1. The molecule has 4 rings (SSSR count). The van der Waals surface area contributed by atoms with E-state index in [9.17, 15) is 4.79 Å². The molecule has 1 aromatic heterocycles. The van der Waals surface area contributed by atoms with Crippen LogP contribution in [0, 0.1) is 0 Å². The molecule has 1 aliphatic heterocycles. The summed E-state index contributed by atoms with van der Waals surface area (Å²) in [6, 6.07) is 13.1. The molecular weight excluding hydrogens is 410 g/mol. The molecule has 29 heavy (non-hydrogen) atoms. The van der Waals surface area contributed by atoms with Crippen molar-refractivity contribution in [2.24, 2.45) is 0 Å². The van der Waals surface area contributed by atoms with Crippen LogP contribution in [0.5, 0.6) is 5.75 Å². The van der Waals surface area contributed by atoms with Crippen molar-refractivity contribution in [2.75, 3.05) is 43.6 Å². The van der Waals surface area contributed by atoms with Gasteiger partial charge in [0, 0.05) is 29.1 Å². The molecule has 6 nitrogen and oxygen atoms in total. The first-order valence-electron chi connectivity index (χ1n) is 9.17. The monoisotopic (exact) mass is 429 g/mol. The number of morpholine rings is 1. The minimum absolute atomic E-state index is 0.266. The number of benzene rings is 2. The number of carbonyl (C=O) groups is 1. The van der Waals surface area contributed by atoms with Gasteiger partial charge in [0.15, 0.2) is 0 Å². The molecule has 0 radical (unpaired) electrons. The minimum Gasteiger partial charge on any atom is -0.497 e. The van der Waals surface area contributed by atoms with Crippen LogP contribution in [0.4, 0.5) is 11.4 Å². The predicted molar refractivity (Wildman–Crippen MR) is 117 cm³/mol. The molecule has 3 aromatic rings. The lowest BCUT2D eigenvalue weighted by molar-refractivity contribution is 0.102. The Labute approximate surface area is 178 Å². The second kappa shape index (κ2) is 8.82. The average Bonchev–Trinajstić information content (AvgIpc) is 3.25. The van der Waals surface area contributed by atoms with E-state index in [2.05, 4.69) is 15.2 Å². The number of rotatable bonds is 5. The van der Waals surface area contributed by atoms with Gasteiger partial charge in [-0.3, -0.25) is 4.79 Å². The highest BCUT2D eigenvalue weighted by Crippen LogP contribution is 2.31. The van der Waals surface area contributed by atoms with Crippen molar-refractivity contribution >= 4 is 40.2 Å². The second-order valence-corrected chi connectivity index (χ2v) is 7.78. The number of ether oxygens (including phenoxy) is 2. The van der Waals surface area contributed by atoms with Crippen LogP contribution >= 0.6 is 22.9 Å². The van der Waals surface area contributed by atoms with Gasteiger partial charge in [-0.2, -0.15) is 0 Å². The van der Waals surface area contributed by atoms with Gasteiger partial charge in [0.2, 0.25) is 0 Å². The number of aromatic nitrogens is 1. The molecule has 0 aliphatic carbocycles. The molecule has 1 fully saturated rings. The summed E-state index contributed by atoms with van der Waals surface area (Å²) in [5.41, 5.74) is 2.90. The normalized spacial score (nSPS) is 13.9. The molecule has 1 amide bonds. The minimum atomic E-state index is -0.266. The Morgan fingerprint density at radius 2 is 1.97 bits per heavy atom. The highest BCUT2D eigenvalue weighted by molar-refractivity contribution is 7.13. The van der Waals surface area contributed by atoms with E-state index in [-0.39, 0.29) is 5.91 Å². The summed E-state index contributed by atoms with van der Waals surface area (Å²) in [7, 11) is 1.63. The average molecular weight is 430 g/mol. The van der Waals surface area contributed by atoms with E-state index < -0.39 is 0 Å². The largest absolute Gasteiger partial charge is 0.497 e. The number of carbonyl (C=O) groups excluding carboxylic acids is 1. The third kappa shape index (κ3) is 4.53. The van der Waals surface area contributed by atoms with Crippen molar-refractivity contribution in [3.8, 4) is 16.3 Å².